The molecule has 0 spiro atoms. The van der Waals surface area contributed by atoms with Gasteiger partial charge in [0.25, 0.3) is 0 Å². The van der Waals surface area contributed by atoms with Crippen LogP contribution in [0.25, 0.3) is 0 Å². The van der Waals surface area contributed by atoms with Crippen molar-refractivity contribution in [3.05, 3.63) is 30.3 Å². The molecular weight excluding hydrogens is 168 g/mol. The lowest BCUT2D eigenvalue weighted by atomic mass is 10.2. The lowest BCUT2D eigenvalue weighted by molar-refractivity contribution is -0.266. The number of carbonyl (C=O) groups excluding carboxylic acids is 1. The summed E-state index contributed by atoms with van der Waals surface area (Å²) < 4.78 is 0. The maximum atomic E-state index is 10.4. The number of rotatable bonds is 4. The SMILES string of the molecule is CC(C)(C=O)OOc1ccccc1. The van der Waals surface area contributed by atoms with E-state index in [4.69, 9.17) is 9.78 Å². The van der Waals surface area contributed by atoms with Gasteiger partial charge in [-0.25, -0.2) is 0 Å². The molecule has 0 radical (unpaired) electrons. The average Bonchev–Trinajstić information content (AvgIpc) is 2.17. The Kier molecular flexibility index (Phi) is 3.03. The molecule has 0 fully saturated rings. The average molecular weight is 180 g/mol. The molecule has 1 aromatic rings. The van der Waals surface area contributed by atoms with Crippen LogP contribution in [0.2, 0.25) is 0 Å². The van der Waals surface area contributed by atoms with Crippen molar-refractivity contribution in [2.75, 3.05) is 0 Å². The first-order valence-electron chi connectivity index (χ1n) is 4.01. The van der Waals surface area contributed by atoms with Gasteiger partial charge in [0.05, 0.1) is 0 Å². The predicted molar refractivity (Wildman–Crippen MR) is 48.3 cm³/mol. The summed E-state index contributed by atoms with van der Waals surface area (Å²) in [6.45, 7) is 3.26. The van der Waals surface area contributed by atoms with E-state index in [2.05, 4.69) is 0 Å². The molecular formula is C10H12O3. The molecule has 70 valence electrons. The van der Waals surface area contributed by atoms with E-state index in [1.165, 1.54) is 0 Å². The van der Waals surface area contributed by atoms with Crippen molar-refractivity contribution in [1.29, 1.82) is 0 Å². The smallest absolute Gasteiger partial charge is 0.165 e. The van der Waals surface area contributed by atoms with Gasteiger partial charge in [0.1, 0.15) is 0 Å². The number of carbonyl (C=O) groups is 1. The van der Waals surface area contributed by atoms with Gasteiger partial charge in [0.15, 0.2) is 17.6 Å². The first-order chi connectivity index (χ1) is 6.14. The van der Waals surface area contributed by atoms with Gasteiger partial charge in [-0.15, -0.1) is 0 Å². The van der Waals surface area contributed by atoms with Gasteiger partial charge in [-0.1, -0.05) is 18.2 Å². The van der Waals surface area contributed by atoms with Crippen molar-refractivity contribution in [3.63, 3.8) is 0 Å². The van der Waals surface area contributed by atoms with Crippen LogP contribution < -0.4 is 4.89 Å². The van der Waals surface area contributed by atoms with E-state index in [1.54, 1.807) is 26.0 Å². The summed E-state index contributed by atoms with van der Waals surface area (Å²) in [5.41, 5.74) is -0.907. The third kappa shape index (κ3) is 3.25. The van der Waals surface area contributed by atoms with Crippen molar-refractivity contribution < 1.29 is 14.6 Å². The molecule has 1 aromatic carbocycles. The second-order valence-corrected chi connectivity index (χ2v) is 3.20. The highest BCUT2D eigenvalue weighted by molar-refractivity contribution is 5.60. The second-order valence-electron chi connectivity index (χ2n) is 3.20. The fourth-order valence-corrected chi connectivity index (χ4v) is 0.651. The Morgan fingerprint density at radius 1 is 1.23 bits per heavy atom. The van der Waals surface area contributed by atoms with Crippen LogP contribution in [0.3, 0.4) is 0 Å². The lowest BCUT2D eigenvalue weighted by Crippen LogP contribution is -2.27. The van der Waals surface area contributed by atoms with Gasteiger partial charge in [-0.05, 0) is 26.0 Å². The zero-order valence-electron chi connectivity index (χ0n) is 7.69. The third-order valence-corrected chi connectivity index (χ3v) is 1.38. The fraction of sp³-hybridized carbons (Fsp3) is 0.300. The normalized spacial score (nSPS) is 10.9. The molecule has 3 heteroatoms. The molecule has 0 heterocycles. The molecule has 13 heavy (non-hydrogen) atoms. The Balaban J connectivity index is 2.48. The summed E-state index contributed by atoms with van der Waals surface area (Å²) in [6.07, 6.45) is 0.690. The first-order valence-corrected chi connectivity index (χ1v) is 4.01. The van der Waals surface area contributed by atoms with E-state index < -0.39 is 5.60 Å². The minimum Gasteiger partial charge on any atom is -0.337 e. The monoisotopic (exact) mass is 180 g/mol. The second kappa shape index (κ2) is 4.05. The summed E-state index contributed by atoms with van der Waals surface area (Å²) in [5, 5.41) is 0. The van der Waals surface area contributed by atoms with Gasteiger partial charge < -0.3 is 4.89 Å². The molecule has 0 aliphatic rings. The summed E-state index contributed by atoms with van der Waals surface area (Å²) in [4.78, 5) is 20.3. The number of hydrogen-bond acceptors (Lipinski definition) is 3. The predicted octanol–water partition coefficient (Wildman–Crippen LogP) is 1.97. The van der Waals surface area contributed by atoms with Crippen LogP contribution in [0.4, 0.5) is 0 Å². The topological polar surface area (TPSA) is 35.5 Å². The quantitative estimate of drug-likeness (QED) is 0.403. The van der Waals surface area contributed by atoms with Crippen LogP contribution in [0.1, 0.15) is 13.8 Å². The Bertz CT molecular complexity index is 267. The van der Waals surface area contributed by atoms with Gasteiger partial charge in [0.2, 0.25) is 0 Å². The Morgan fingerprint density at radius 2 is 1.85 bits per heavy atom. The Labute approximate surface area is 77.2 Å². The summed E-state index contributed by atoms with van der Waals surface area (Å²) in [5.74, 6) is 0.581. The van der Waals surface area contributed by atoms with Gasteiger partial charge in [-0.3, -0.25) is 4.79 Å². The standard InChI is InChI=1S/C10H12O3/c1-10(2,8-11)13-12-9-6-4-3-5-7-9/h3-8H,1-2H3. The molecule has 0 saturated heterocycles. The van der Waals surface area contributed by atoms with Crippen molar-refractivity contribution in [2.24, 2.45) is 0 Å². The maximum absolute atomic E-state index is 10.4. The minimum absolute atomic E-state index is 0.581. The molecule has 1 rings (SSSR count). The maximum Gasteiger partial charge on any atom is 0.165 e. The third-order valence-electron chi connectivity index (χ3n) is 1.38. The van der Waals surface area contributed by atoms with E-state index in [9.17, 15) is 4.79 Å². The molecule has 0 unspecified atom stereocenters. The highest BCUT2D eigenvalue weighted by Gasteiger charge is 2.19. The molecule has 0 saturated carbocycles. The van der Waals surface area contributed by atoms with E-state index in [-0.39, 0.29) is 0 Å². The highest BCUT2D eigenvalue weighted by Crippen LogP contribution is 2.13. The number of hydrogen-bond donors (Lipinski definition) is 0. The summed E-state index contributed by atoms with van der Waals surface area (Å²) in [6, 6.07) is 9.03. The zero-order valence-corrected chi connectivity index (χ0v) is 7.69. The fourth-order valence-electron chi connectivity index (χ4n) is 0.651. The highest BCUT2D eigenvalue weighted by atomic mass is 17.2. The number of para-hydroxylation sites is 1. The number of benzene rings is 1. The summed E-state index contributed by atoms with van der Waals surface area (Å²) in [7, 11) is 0. The molecule has 3 nitrogen and oxygen atoms in total. The lowest BCUT2D eigenvalue weighted by Gasteiger charge is -2.15. The molecule has 0 aliphatic carbocycles. The van der Waals surface area contributed by atoms with Gasteiger partial charge in [-0.2, -0.15) is 4.89 Å². The van der Waals surface area contributed by atoms with Crippen molar-refractivity contribution in [1.82, 2.24) is 0 Å². The van der Waals surface area contributed by atoms with E-state index in [0.29, 0.717) is 12.0 Å². The van der Waals surface area contributed by atoms with Crippen LogP contribution in [0.5, 0.6) is 5.75 Å². The van der Waals surface area contributed by atoms with Crippen LogP contribution in [-0.4, -0.2) is 11.9 Å². The van der Waals surface area contributed by atoms with Crippen molar-refractivity contribution in [2.45, 2.75) is 19.4 Å². The zero-order chi connectivity index (χ0) is 9.73. The molecule has 0 atom stereocenters. The summed E-state index contributed by atoms with van der Waals surface area (Å²) >= 11 is 0. The Morgan fingerprint density at radius 3 is 2.38 bits per heavy atom. The molecule has 0 N–H and O–H groups in total. The van der Waals surface area contributed by atoms with Crippen LogP contribution in [0.15, 0.2) is 30.3 Å². The molecule has 0 aliphatic heterocycles. The van der Waals surface area contributed by atoms with E-state index in [0.717, 1.165) is 0 Å². The van der Waals surface area contributed by atoms with E-state index >= 15 is 0 Å². The first kappa shape index (κ1) is 9.74. The number of aldehydes is 1. The molecule has 0 amide bonds. The van der Waals surface area contributed by atoms with Crippen molar-refractivity contribution >= 4 is 6.29 Å². The largest absolute Gasteiger partial charge is 0.337 e. The van der Waals surface area contributed by atoms with Crippen LogP contribution in [0, 0.1) is 0 Å². The van der Waals surface area contributed by atoms with Crippen LogP contribution >= 0.6 is 0 Å². The minimum atomic E-state index is -0.907. The van der Waals surface area contributed by atoms with Gasteiger partial charge in [0, 0.05) is 0 Å². The molecule has 0 bridgehead atoms. The van der Waals surface area contributed by atoms with Crippen molar-refractivity contribution in [3.8, 4) is 5.75 Å². The van der Waals surface area contributed by atoms with Gasteiger partial charge >= 0.3 is 0 Å². The van der Waals surface area contributed by atoms with E-state index in [1.807, 2.05) is 18.2 Å². The molecule has 0 aromatic heterocycles. The Hall–Kier alpha value is -1.35. The van der Waals surface area contributed by atoms with Crippen LogP contribution in [-0.2, 0) is 9.68 Å².